The highest BCUT2D eigenvalue weighted by molar-refractivity contribution is 6.07. The number of amides is 2. The average Bonchev–Trinajstić information content (AvgIpc) is 2.78. The van der Waals surface area contributed by atoms with Gasteiger partial charge in [-0.15, -0.1) is 0 Å². The molecule has 0 radical (unpaired) electrons. The van der Waals surface area contributed by atoms with Crippen molar-refractivity contribution in [1.82, 2.24) is 15.2 Å². The molecule has 1 aromatic heterocycles. The van der Waals surface area contributed by atoms with Gasteiger partial charge in [-0.1, -0.05) is 61.9 Å². The summed E-state index contributed by atoms with van der Waals surface area (Å²) in [6.07, 6.45) is 1.55. The van der Waals surface area contributed by atoms with Gasteiger partial charge in [0.2, 0.25) is 5.91 Å². The second-order valence-corrected chi connectivity index (χ2v) is 8.67. The van der Waals surface area contributed by atoms with Gasteiger partial charge in [-0.3, -0.25) is 9.59 Å². The number of nitrogens with zero attached hydrogens (tertiary/aromatic N) is 2. The molecule has 0 saturated carbocycles. The van der Waals surface area contributed by atoms with Crippen molar-refractivity contribution in [3.8, 4) is 11.3 Å². The summed E-state index contributed by atoms with van der Waals surface area (Å²) in [7, 11) is 0. The van der Waals surface area contributed by atoms with E-state index in [1.165, 1.54) is 5.56 Å². The van der Waals surface area contributed by atoms with Gasteiger partial charge >= 0.3 is 0 Å². The summed E-state index contributed by atoms with van der Waals surface area (Å²) in [4.78, 5) is 32.2. The van der Waals surface area contributed by atoms with Gasteiger partial charge in [0, 0.05) is 36.0 Å². The summed E-state index contributed by atoms with van der Waals surface area (Å²) in [6.45, 7) is 7.28. The number of hydrogen-bond donors (Lipinski definition) is 1. The Morgan fingerprint density at radius 2 is 1.71 bits per heavy atom. The van der Waals surface area contributed by atoms with Gasteiger partial charge in [-0.25, -0.2) is 4.98 Å². The Labute approximate surface area is 183 Å². The maximum absolute atomic E-state index is 13.3. The van der Waals surface area contributed by atoms with E-state index in [0.29, 0.717) is 18.7 Å². The Morgan fingerprint density at radius 1 is 1.03 bits per heavy atom. The fraction of sp³-hybridized carbons (Fsp3) is 0.346. The summed E-state index contributed by atoms with van der Waals surface area (Å²) >= 11 is 0. The number of nitrogens with one attached hydrogen (secondary N) is 1. The molecule has 2 aromatic carbocycles. The lowest BCUT2D eigenvalue weighted by Crippen LogP contribution is -2.47. The van der Waals surface area contributed by atoms with E-state index in [1.54, 1.807) is 0 Å². The molecular formula is C26H29N3O2. The zero-order valence-corrected chi connectivity index (χ0v) is 18.4. The van der Waals surface area contributed by atoms with Gasteiger partial charge in [-0.2, -0.15) is 0 Å². The molecule has 1 N–H and O–H groups in total. The lowest BCUT2D eigenvalue weighted by atomic mass is 10.0. The number of aromatic nitrogens is 1. The van der Waals surface area contributed by atoms with E-state index in [-0.39, 0.29) is 23.8 Å². The van der Waals surface area contributed by atoms with Crippen molar-refractivity contribution in [1.29, 1.82) is 0 Å². The third-order valence-electron chi connectivity index (χ3n) is 5.94. The maximum atomic E-state index is 13.3. The number of rotatable bonds is 4. The van der Waals surface area contributed by atoms with E-state index >= 15 is 0 Å². The molecule has 0 bridgehead atoms. The minimum atomic E-state index is -0.0828. The normalized spacial score (nSPS) is 14.8. The van der Waals surface area contributed by atoms with E-state index in [1.807, 2.05) is 61.2 Å². The van der Waals surface area contributed by atoms with Crippen LogP contribution in [0.1, 0.15) is 42.6 Å². The number of carbonyl (C=O) groups excluding carboxylic acids is 2. The summed E-state index contributed by atoms with van der Waals surface area (Å²) in [5, 5.41) is 4.05. The molecule has 5 nitrogen and oxygen atoms in total. The molecule has 4 rings (SSSR count). The average molecular weight is 416 g/mol. The Morgan fingerprint density at radius 3 is 2.39 bits per heavy atom. The quantitative estimate of drug-likeness (QED) is 0.678. The molecule has 3 aromatic rings. The molecule has 2 heterocycles. The smallest absolute Gasteiger partial charge is 0.252 e. The van der Waals surface area contributed by atoms with Crippen molar-refractivity contribution < 1.29 is 9.59 Å². The molecule has 0 atom stereocenters. The number of para-hydroxylation sites is 1. The van der Waals surface area contributed by atoms with Gasteiger partial charge in [0.25, 0.3) is 5.91 Å². The van der Waals surface area contributed by atoms with E-state index in [4.69, 9.17) is 4.98 Å². The van der Waals surface area contributed by atoms with E-state index in [0.717, 1.165) is 35.0 Å². The van der Waals surface area contributed by atoms with Crippen LogP contribution < -0.4 is 5.32 Å². The highest BCUT2D eigenvalue weighted by Crippen LogP contribution is 2.25. The van der Waals surface area contributed by atoms with Gasteiger partial charge in [-0.05, 0) is 31.9 Å². The second kappa shape index (κ2) is 8.88. The van der Waals surface area contributed by atoms with Crippen LogP contribution in [0.5, 0.6) is 0 Å². The number of carbonyl (C=O) groups is 2. The van der Waals surface area contributed by atoms with Crippen LogP contribution in [-0.4, -0.2) is 40.8 Å². The molecule has 1 aliphatic heterocycles. The molecule has 0 spiro atoms. The largest absolute Gasteiger partial charge is 0.349 e. The number of pyridine rings is 1. The predicted molar refractivity (Wildman–Crippen MR) is 124 cm³/mol. The lowest BCUT2D eigenvalue weighted by molar-refractivity contribution is -0.135. The molecule has 1 fully saturated rings. The summed E-state index contributed by atoms with van der Waals surface area (Å²) in [5.41, 5.74) is 4.42. The number of piperidine rings is 1. The van der Waals surface area contributed by atoms with E-state index in [9.17, 15) is 9.59 Å². The lowest BCUT2D eigenvalue weighted by Gasteiger charge is -2.33. The summed E-state index contributed by atoms with van der Waals surface area (Å²) in [5.74, 6) is 0.114. The summed E-state index contributed by atoms with van der Waals surface area (Å²) in [6, 6.07) is 17.9. The monoisotopic (exact) mass is 415 g/mol. The highest BCUT2D eigenvalue weighted by Gasteiger charge is 2.26. The van der Waals surface area contributed by atoms with Crippen LogP contribution in [0.25, 0.3) is 22.2 Å². The van der Waals surface area contributed by atoms with E-state index < -0.39 is 0 Å². The van der Waals surface area contributed by atoms with Crippen molar-refractivity contribution >= 4 is 22.7 Å². The van der Waals surface area contributed by atoms with Crippen molar-refractivity contribution in [3.63, 3.8) is 0 Å². The fourth-order valence-electron chi connectivity index (χ4n) is 4.11. The van der Waals surface area contributed by atoms with Crippen molar-refractivity contribution in [2.24, 2.45) is 5.92 Å². The molecular weight excluding hydrogens is 386 g/mol. The Kier molecular flexibility index (Phi) is 6.03. The first-order valence-corrected chi connectivity index (χ1v) is 11.0. The number of likely N-dealkylation sites (tertiary alicyclic amines) is 1. The van der Waals surface area contributed by atoms with Gasteiger partial charge in [0.1, 0.15) is 0 Å². The van der Waals surface area contributed by atoms with Gasteiger partial charge in [0.15, 0.2) is 0 Å². The van der Waals surface area contributed by atoms with Crippen LogP contribution in [0.3, 0.4) is 0 Å². The summed E-state index contributed by atoms with van der Waals surface area (Å²) < 4.78 is 0. The first-order chi connectivity index (χ1) is 14.9. The zero-order chi connectivity index (χ0) is 22.0. The number of hydrogen-bond acceptors (Lipinski definition) is 3. The van der Waals surface area contributed by atoms with Crippen LogP contribution in [0, 0.1) is 12.8 Å². The van der Waals surface area contributed by atoms with Gasteiger partial charge in [0.05, 0.1) is 16.8 Å². The Balaban J connectivity index is 1.56. The number of aryl methyl sites for hydroxylation is 1. The molecule has 160 valence electrons. The fourth-order valence-corrected chi connectivity index (χ4v) is 4.11. The standard InChI is InChI=1S/C26H29N3O2/c1-17(2)26(31)29-14-12-20(13-15-29)27-25(30)22-16-24(19-10-8-18(3)9-11-19)28-23-7-5-4-6-21(22)23/h4-11,16-17,20H,12-15H2,1-3H3,(H,27,30). The maximum Gasteiger partial charge on any atom is 0.252 e. The Bertz CT molecular complexity index is 1100. The topological polar surface area (TPSA) is 62.3 Å². The molecule has 31 heavy (non-hydrogen) atoms. The minimum absolute atomic E-state index is 0.00881. The minimum Gasteiger partial charge on any atom is -0.349 e. The molecule has 0 unspecified atom stereocenters. The second-order valence-electron chi connectivity index (χ2n) is 8.67. The first-order valence-electron chi connectivity index (χ1n) is 11.0. The van der Waals surface area contributed by atoms with Crippen LogP contribution in [-0.2, 0) is 4.79 Å². The SMILES string of the molecule is Cc1ccc(-c2cc(C(=O)NC3CCN(C(=O)C(C)C)CC3)c3ccccc3n2)cc1. The molecule has 0 aliphatic carbocycles. The van der Waals surface area contributed by atoms with E-state index in [2.05, 4.69) is 24.4 Å². The Hall–Kier alpha value is -3.21. The molecule has 5 heteroatoms. The molecule has 1 saturated heterocycles. The molecule has 2 amide bonds. The van der Waals surface area contributed by atoms with Crippen molar-refractivity contribution in [2.45, 2.75) is 39.7 Å². The van der Waals surface area contributed by atoms with Crippen LogP contribution >= 0.6 is 0 Å². The highest BCUT2D eigenvalue weighted by atomic mass is 16.2. The first kappa shape index (κ1) is 21.0. The third kappa shape index (κ3) is 4.61. The van der Waals surface area contributed by atoms with Crippen LogP contribution in [0.15, 0.2) is 54.6 Å². The van der Waals surface area contributed by atoms with Crippen molar-refractivity contribution in [2.75, 3.05) is 13.1 Å². The van der Waals surface area contributed by atoms with Crippen molar-refractivity contribution in [3.05, 3.63) is 65.7 Å². The van der Waals surface area contributed by atoms with Crippen LogP contribution in [0.2, 0.25) is 0 Å². The number of fused-ring (bicyclic) bond motifs is 1. The predicted octanol–water partition coefficient (Wildman–Crippen LogP) is 4.59. The molecule has 1 aliphatic rings. The van der Waals surface area contributed by atoms with Gasteiger partial charge < -0.3 is 10.2 Å². The van der Waals surface area contributed by atoms with Crippen LogP contribution in [0.4, 0.5) is 0 Å². The third-order valence-corrected chi connectivity index (χ3v) is 5.94. The number of benzene rings is 2. The zero-order valence-electron chi connectivity index (χ0n) is 18.4.